The third-order valence-corrected chi connectivity index (χ3v) is 4.42. The van der Waals surface area contributed by atoms with E-state index in [4.69, 9.17) is 4.74 Å². The number of aromatic hydroxyl groups is 1. The summed E-state index contributed by atoms with van der Waals surface area (Å²) < 4.78 is 5.61. The summed E-state index contributed by atoms with van der Waals surface area (Å²) in [5.74, 6) is 0.292. The van der Waals surface area contributed by atoms with Crippen LogP contribution in [0, 0.1) is 0 Å². The third kappa shape index (κ3) is 5.43. The molecule has 0 saturated carbocycles. The van der Waals surface area contributed by atoms with Crippen molar-refractivity contribution in [2.75, 3.05) is 26.2 Å². The SMILES string of the molecule is Oc1ccc(C2=CCN(C[C@H](O)COCc3ccccc3)CC2)cc1. The van der Waals surface area contributed by atoms with Crippen molar-refractivity contribution in [2.45, 2.75) is 19.1 Å². The summed E-state index contributed by atoms with van der Waals surface area (Å²) in [6.07, 6.45) is 2.67. The maximum atomic E-state index is 10.2. The fourth-order valence-electron chi connectivity index (χ4n) is 3.05. The van der Waals surface area contributed by atoms with E-state index in [9.17, 15) is 10.2 Å². The summed E-state index contributed by atoms with van der Waals surface area (Å²) in [5.41, 5.74) is 3.57. The van der Waals surface area contributed by atoms with Gasteiger partial charge in [-0.2, -0.15) is 0 Å². The van der Waals surface area contributed by atoms with Crippen molar-refractivity contribution in [3.63, 3.8) is 0 Å². The minimum absolute atomic E-state index is 0.292. The highest BCUT2D eigenvalue weighted by molar-refractivity contribution is 5.67. The number of benzene rings is 2. The molecule has 0 unspecified atom stereocenters. The number of β-amino-alcohol motifs (C(OH)–C–C–N with tert-alkyl or cyclic N) is 1. The van der Waals surface area contributed by atoms with Crippen LogP contribution in [0.2, 0.25) is 0 Å². The second kappa shape index (κ2) is 8.81. The van der Waals surface area contributed by atoms with Crippen molar-refractivity contribution >= 4 is 5.57 Å². The van der Waals surface area contributed by atoms with E-state index in [0.29, 0.717) is 25.5 Å². The van der Waals surface area contributed by atoms with E-state index in [2.05, 4.69) is 11.0 Å². The van der Waals surface area contributed by atoms with Crippen LogP contribution < -0.4 is 0 Å². The minimum Gasteiger partial charge on any atom is -0.508 e. The van der Waals surface area contributed by atoms with Crippen LogP contribution in [0.1, 0.15) is 17.5 Å². The lowest BCUT2D eigenvalue weighted by molar-refractivity contribution is 0.0115. The summed E-state index contributed by atoms with van der Waals surface area (Å²) >= 11 is 0. The molecule has 1 aliphatic rings. The summed E-state index contributed by atoms with van der Waals surface area (Å²) in [4.78, 5) is 2.24. The van der Waals surface area contributed by atoms with Crippen LogP contribution in [0.25, 0.3) is 5.57 Å². The molecule has 2 aromatic rings. The van der Waals surface area contributed by atoms with Crippen LogP contribution in [0.5, 0.6) is 5.75 Å². The Bertz CT molecular complexity index is 682. The predicted octanol–water partition coefficient (Wildman–Crippen LogP) is 3.06. The molecule has 0 amide bonds. The Morgan fingerprint density at radius 2 is 1.80 bits per heavy atom. The smallest absolute Gasteiger partial charge is 0.115 e. The number of hydrogen-bond acceptors (Lipinski definition) is 4. The Morgan fingerprint density at radius 3 is 2.48 bits per heavy atom. The zero-order chi connectivity index (χ0) is 17.5. The molecule has 25 heavy (non-hydrogen) atoms. The molecule has 2 N–H and O–H groups in total. The van der Waals surface area contributed by atoms with Gasteiger partial charge in [0.05, 0.1) is 19.3 Å². The van der Waals surface area contributed by atoms with E-state index in [1.165, 1.54) is 5.57 Å². The highest BCUT2D eigenvalue weighted by Gasteiger charge is 2.16. The maximum absolute atomic E-state index is 10.2. The number of phenols is 1. The van der Waals surface area contributed by atoms with Gasteiger partial charge < -0.3 is 14.9 Å². The zero-order valence-corrected chi connectivity index (χ0v) is 14.3. The van der Waals surface area contributed by atoms with Gasteiger partial charge in [-0.05, 0) is 35.3 Å². The molecule has 2 aromatic carbocycles. The Morgan fingerprint density at radius 1 is 1.04 bits per heavy atom. The van der Waals surface area contributed by atoms with Gasteiger partial charge >= 0.3 is 0 Å². The van der Waals surface area contributed by atoms with E-state index < -0.39 is 6.10 Å². The maximum Gasteiger partial charge on any atom is 0.115 e. The number of phenolic OH excluding ortho intramolecular Hbond substituents is 1. The molecule has 1 atom stereocenters. The van der Waals surface area contributed by atoms with E-state index in [-0.39, 0.29) is 0 Å². The molecule has 4 heteroatoms. The molecular formula is C21H25NO3. The molecule has 0 saturated heterocycles. The standard InChI is InChI=1S/C21H25NO3/c23-20-8-6-18(7-9-20)19-10-12-22(13-11-19)14-21(24)16-25-15-17-4-2-1-3-5-17/h1-10,21,23-24H,11-16H2/t21-/m0/s1. The predicted molar refractivity (Wildman–Crippen MR) is 99.2 cm³/mol. The van der Waals surface area contributed by atoms with Gasteiger partial charge in [-0.1, -0.05) is 48.5 Å². The zero-order valence-electron chi connectivity index (χ0n) is 14.3. The first-order chi connectivity index (χ1) is 12.2. The normalized spacial score (nSPS) is 16.4. The number of nitrogens with zero attached hydrogens (tertiary/aromatic N) is 1. The van der Waals surface area contributed by atoms with Crippen LogP contribution >= 0.6 is 0 Å². The molecule has 0 radical (unpaired) electrons. The summed E-state index contributed by atoms with van der Waals surface area (Å²) in [6.45, 7) is 3.24. The number of ether oxygens (including phenoxy) is 1. The molecule has 1 aliphatic heterocycles. The molecule has 0 spiro atoms. The fourth-order valence-corrected chi connectivity index (χ4v) is 3.05. The van der Waals surface area contributed by atoms with Crippen LogP contribution in [-0.2, 0) is 11.3 Å². The van der Waals surface area contributed by atoms with Gasteiger partial charge in [0.2, 0.25) is 0 Å². The van der Waals surface area contributed by atoms with E-state index >= 15 is 0 Å². The van der Waals surface area contributed by atoms with E-state index in [0.717, 1.165) is 30.6 Å². The number of rotatable bonds is 7. The van der Waals surface area contributed by atoms with Crippen molar-refractivity contribution in [3.05, 3.63) is 71.8 Å². The number of hydrogen-bond donors (Lipinski definition) is 2. The Labute approximate surface area is 149 Å². The number of aliphatic hydroxyl groups excluding tert-OH is 1. The Kier molecular flexibility index (Phi) is 6.23. The average molecular weight is 339 g/mol. The molecule has 3 rings (SSSR count). The van der Waals surface area contributed by atoms with E-state index in [1.54, 1.807) is 12.1 Å². The van der Waals surface area contributed by atoms with Gasteiger partial charge in [-0.15, -0.1) is 0 Å². The van der Waals surface area contributed by atoms with Crippen molar-refractivity contribution in [2.24, 2.45) is 0 Å². The average Bonchev–Trinajstić information content (AvgIpc) is 2.64. The van der Waals surface area contributed by atoms with Gasteiger partial charge in [0, 0.05) is 19.6 Å². The Balaban J connectivity index is 1.41. The van der Waals surface area contributed by atoms with Crippen molar-refractivity contribution in [1.82, 2.24) is 4.90 Å². The topological polar surface area (TPSA) is 52.9 Å². The first kappa shape index (κ1) is 17.7. The largest absolute Gasteiger partial charge is 0.508 e. The molecular weight excluding hydrogens is 314 g/mol. The lowest BCUT2D eigenvalue weighted by Crippen LogP contribution is -2.37. The summed E-state index contributed by atoms with van der Waals surface area (Å²) in [6, 6.07) is 17.3. The minimum atomic E-state index is -0.479. The molecule has 132 valence electrons. The second-order valence-electron chi connectivity index (χ2n) is 6.44. The van der Waals surface area contributed by atoms with Crippen molar-refractivity contribution < 1.29 is 14.9 Å². The number of aliphatic hydroxyl groups is 1. The van der Waals surface area contributed by atoms with Crippen molar-refractivity contribution in [1.29, 1.82) is 0 Å². The van der Waals surface area contributed by atoms with Crippen LogP contribution in [0.4, 0.5) is 0 Å². The van der Waals surface area contributed by atoms with E-state index in [1.807, 2.05) is 42.5 Å². The highest BCUT2D eigenvalue weighted by Crippen LogP contribution is 2.24. The van der Waals surface area contributed by atoms with Gasteiger partial charge in [-0.25, -0.2) is 0 Å². The molecule has 4 nitrogen and oxygen atoms in total. The molecule has 0 bridgehead atoms. The lowest BCUT2D eigenvalue weighted by atomic mass is 9.99. The summed E-state index contributed by atoms with van der Waals surface area (Å²) in [7, 11) is 0. The van der Waals surface area contributed by atoms with Crippen LogP contribution in [0.3, 0.4) is 0 Å². The highest BCUT2D eigenvalue weighted by atomic mass is 16.5. The molecule has 0 aliphatic carbocycles. The first-order valence-corrected chi connectivity index (χ1v) is 8.71. The monoisotopic (exact) mass is 339 g/mol. The molecule has 0 fully saturated rings. The first-order valence-electron chi connectivity index (χ1n) is 8.71. The Hall–Kier alpha value is -2.14. The lowest BCUT2D eigenvalue weighted by Gasteiger charge is -2.28. The third-order valence-electron chi connectivity index (χ3n) is 4.42. The van der Waals surface area contributed by atoms with Gasteiger partial charge in [0.1, 0.15) is 5.75 Å². The van der Waals surface area contributed by atoms with Gasteiger partial charge in [-0.3, -0.25) is 4.90 Å². The van der Waals surface area contributed by atoms with Crippen LogP contribution in [0.15, 0.2) is 60.7 Å². The fraction of sp³-hybridized carbons (Fsp3) is 0.333. The quantitative estimate of drug-likeness (QED) is 0.814. The van der Waals surface area contributed by atoms with Gasteiger partial charge in [0.15, 0.2) is 0 Å². The molecule has 0 aromatic heterocycles. The van der Waals surface area contributed by atoms with Crippen LogP contribution in [-0.4, -0.2) is 47.5 Å². The van der Waals surface area contributed by atoms with Crippen molar-refractivity contribution in [3.8, 4) is 5.75 Å². The summed E-state index contributed by atoms with van der Waals surface area (Å²) in [5, 5.41) is 19.6. The molecule has 1 heterocycles. The second-order valence-corrected chi connectivity index (χ2v) is 6.44. The van der Waals surface area contributed by atoms with Gasteiger partial charge in [0.25, 0.3) is 0 Å².